The van der Waals surface area contributed by atoms with E-state index in [0.29, 0.717) is 5.56 Å². The molecule has 1 N–H and O–H groups in total. The molecule has 1 aromatic rings. The second kappa shape index (κ2) is 6.27. The molecule has 1 aromatic carbocycles. The SMILES string of the molecule is O=C(O)CS(=O)(=O)Cc1ccccc1.[H-].[Na+]. The van der Waals surface area contributed by atoms with Gasteiger partial charge in [0.2, 0.25) is 0 Å². The van der Waals surface area contributed by atoms with Gasteiger partial charge in [0, 0.05) is 0 Å². The first kappa shape index (κ1) is 14.6. The molecule has 0 aliphatic carbocycles. The van der Waals surface area contributed by atoms with Crippen LogP contribution in [0.15, 0.2) is 30.3 Å². The van der Waals surface area contributed by atoms with Crippen molar-refractivity contribution in [3.05, 3.63) is 35.9 Å². The summed E-state index contributed by atoms with van der Waals surface area (Å²) in [6.45, 7) is 0. The molecule has 0 saturated heterocycles. The summed E-state index contributed by atoms with van der Waals surface area (Å²) in [5, 5.41) is 8.35. The van der Waals surface area contributed by atoms with Crippen LogP contribution >= 0.6 is 0 Å². The van der Waals surface area contributed by atoms with Crippen LogP contribution in [0.3, 0.4) is 0 Å². The van der Waals surface area contributed by atoms with Crippen molar-refractivity contribution in [2.45, 2.75) is 5.75 Å². The predicted molar refractivity (Wildman–Crippen MR) is 52.7 cm³/mol. The van der Waals surface area contributed by atoms with E-state index in [4.69, 9.17) is 5.11 Å². The molecule has 0 atom stereocenters. The van der Waals surface area contributed by atoms with Crippen molar-refractivity contribution in [1.29, 1.82) is 0 Å². The summed E-state index contributed by atoms with van der Waals surface area (Å²) in [4.78, 5) is 10.2. The third-order valence-corrected chi connectivity index (χ3v) is 3.03. The summed E-state index contributed by atoms with van der Waals surface area (Å²) >= 11 is 0. The summed E-state index contributed by atoms with van der Waals surface area (Å²) in [7, 11) is -3.53. The molecule has 0 fully saturated rings. The summed E-state index contributed by atoms with van der Waals surface area (Å²) in [5.74, 6) is -2.36. The second-order valence-corrected chi connectivity index (χ2v) is 4.98. The van der Waals surface area contributed by atoms with Crippen molar-refractivity contribution >= 4 is 15.8 Å². The Morgan fingerprint density at radius 1 is 1.27 bits per heavy atom. The van der Waals surface area contributed by atoms with E-state index >= 15 is 0 Å². The van der Waals surface area contributed by atoms with Crippen LogP contribution in [-0.4, -0.2) is 25.2 Å². The Labute approximate surface area is 112 Å². The normalized spacial score (nSPS) is 10.4. The van der Waals surface area contributed by atoms with Gasteiger partial charge < -0.3 is 6.53 Å². The first-order valence-electron chi connectivity index (χ1n) is 3.96. The fourth-order valence-electron chi connectivity index (χ4n) is 1.07. The van der Waals surface area contributed by atoms with Crippen LogP contribution in [0.4, 0.5) is 0 Å². The van der Waals surface area contributed by atoms with Gasteiger partial charge in [-0.1, -0.05) is 30.3 Å². The van der Waals surface area contributed by atoms with E-state index in [1.165, 1.54) is 0 Å². The molecule has 0 heterocycles. The monoisotopic (exact) mass is 238 g/mol. The predicted octanol–water partition coefficient (Wildman–Crippen LogP) is -2.20. The van der Waals surface area contributed by atoms with Crippen LogP contribution in [0, 0.1) is 0 Å². The average molecular weight is 238 g/mol. The number of rotatable bonds is 4. The number of aliphatic carboxylic acids is 1. The van der Waals surface area contributed by atoms with Crippen molar-refractivity contribution in [3.8, 4) is 0 Å². The number of hydrogen-bond donors (Lipinski definition) is 1. The van der Waals surface area contributed by atoms with Gasteiger partial charge in [-0.15, -0.1) is 0 Å². The Kier molecular flexibility index (Phi) is 6.12. The Hall–Kier alpha value is -0.360. The maximum atomic E-state index is 11.2. The van der Waals surface area contributed by atoms with E-state index in [0.717, 1.165) is 0 Å². The molecule has 0 aliphatic heterocycles. The average Bonchev–Trinajstić information content (AvgIpc) is 2.02. The molecule has 0 bridgehead atoms. The molecule has 0 aromatic heterocycles. The molecule has 0 saturated carbocycles. The molecule has 78 valence electrons. The zero-order valence-corrected chi connectivity index (χ0v) is 11.2. The number of carboxylic acids is 1. The number of hydrogen-bond acceptors (Lipinski definition) is 3. The minimum absolute atomic E-state index is 0. The van der Waals surface area contributed by atoms with Gasteiger partial charge in [-0.3, -0.25) is 4.79 Å². The zero-order valence-electron chi connectivity index (χ0n) is 9.38. The number of benzene rings is 1. The van der Waals surface area contributed by atoms with Crippen molar-refractivity contribution in [2.24, 2.45) is 0 Å². The van der Waals surface area contributed by atoms with Gasteiger partial charge in [0.05, 0.1) is 5.75 Å². The molecule has 0 amide bonds. The van der Waals surface area contributed by atoms with Gasteiger partial charge in [0.1, 0.15) is 5.75 Å². The van der Waals surface area contributed by atoms with E-state index < -0.39 is 21.6 Å². The molecule has 4 nitrogen and oxygen atoms in total. The summed E-state index contributed by atoms with van der Waals surface area (Å²) in [6, 6.07) is 8.50. The zero-order chi connectivity index (χ0) is 10.6. The maximum Gasteiger partial charge on any atom is 1.00 e. The molecular weight excluding hydrogens is 227 g/mol. The van der Waals surface area contributed by atoms with E-state index in [1.807, 2.05) is 0 Å². The number of sulfone groups is 1. The molecule has 1 rings (SSSR count). The van der Waals surface area contributed by atoms with Gasteiger partial charge in [0.25, 0.3) is 0 Å². The smallest absolute Gasteiger partial charge is 1.00 e. The maximum absolute atomic E-state index is 11.2. The van der Waals surface area contributed by atoms with E-state index in [-0.39, 0.29) is 36.7 Å². The largest absolute Gasteiger partial charge is 1.00 e. The van der Waals surface area contributed by atoms with Crippen LogP contribution in [0.2, 0.25) is 0 Å². The van der Waals surface area contributed by atoms with Crippen molar-refractivity contribution in [3.63, 3.8) is 0 Å². The van der Waals surface area contributed by atoms with E-state index in [1.54, 1.807) is 30.3 Å². The van der Waals surface area contributed by atoms with Crippen molar-refractivity contribution < 1.29 is 49.3 Å². The quantitative estimate of drug-likeness (QED) is 0.604. The molecule has 6 heteroatoms. The van der Waals surface area contributed by atoms with E-state index in [9.17, 15) is 13.2 Å². The minimum atomic E-state index is -3.53. The summed E-state index contributed by atoms with van der Waals surface area (Å²) in [5.41, 5.74) is 0.605. The van der Waals surface area contributed by atoms with Gasteiger partial charge in [-0.25, -0.2) is 8.42 Å². The third kappa shape index (κ3) is 5.94. The van der Waals surface area contributed by atoms with Crippen molar-refractivity contribution in [1.82, 2.24) is 0 Å². The van der Waals surface area contributed by atoms with Crippen LogP contribution < -0.4 is 29.6 Å². The van der Waals surface area contributed by atoms with E-state index in [2.05, 4.69) is 0 Å². The van der Waals surface area contributed by atoms with Crippen LogP contribution in [-0.2, 0) is 20.4 Å². The number of carbonyl (C=O) groups is 1. The Bertz CT molecular complexity index is 418. The summed E-state index contributed by atoms with van der Waals surface area (Å²) < 4.78 is 22.5. The Morgan fingerprint density at radius 2 is 1.80 bits per heavy atom. The van der Waals surface area contributed by atoms with Crippen molar-refractivity contribution in [2.75, 3.05) is 5.75 Å². The Balaban J connectivity index is 0. The first-order valence-corrected chi connectivity index (χ1v) is 5.78. The van der Waals surface area contributed by atoms with Gasteiger partial charge in [-0.05, 0) is 5.56 Å². The molecule has 15 heavy (non-hydrogen) atoms. The van der Waals surface area contributed by atoms with Crippen LogP contribution in [0.5, 0.6) is 0 Å². The molecule has 0 unspecified atom stereocenters. The first-order chi connectivity index (χ1) is 6.49. The van der Waals surface area contributed by atoms with Gasteiger partial charge >= 0.3 is 35.5 Å². The molecular formula is C9H11NaO4S. The fourth-order valence-corrected chi connectivity index (χ4v) is 2.25. The second-order valence-electron chi connectivity index (χ2n) is 2.91. The minimum Gasteiger partial charge on any atom is -1.00 e. The molecule has 0 aliphatic rings. The number of carboxylic acid groups (broad SMARTS) is 1. The molecule has 0 spiro atoms. The third-order valence-electron chi connectivity index (χ3n) is 1.57. The van der Waals surface area contributed by atoms with Crippen LogP contribution in [0.25, 0.3) is 0 Å². The topological polar surface area (TPSA) is 71.4 Å². The molecule has 0 radical (unpaired) electrons. The summed E-state index contributed by atoms with van der Waals surface area (Å²) in [6.07, 6.45) is 0. The Morgan fingerprint density at radius 3 is 2.27 bits per heavy atom. The standard InChI is InChI=1S/C9H10O4S.Na.H/c10-9(11)7-14(12,13)6-8-4-2-1-3-5-8;;/h1-5H,6-7H2,(H,10,11);;/q;+1;-1. The fraction of sp³-hybridized carbons (Fsp3) is 0.222. The van der Waals surface area contributed by atoms with Crippen LogP contribution in [0.1, 0.15) is 6.99 Å². The van der Waals surface area contributed by atoms with Gasteiger partial charge in [-0.2, -0.15) is 0 Å². The van der Waals surface area contributed by atoms with Gasteiger partial charge in [0.15, 0.2) is 9.84 Å².